The molecular weight excluding hydrogens is 306 g/mol. The lowest BCUT2D eigenvalue weighted by Crippen LogP contribution is -2.27. The van der Waals surface area contributed by atoms with E-state index in [4.69, 9.17) is 4.52 Å². The van der Waals surface area contributed by atoms with Crippen LogP contribution < -0.4 is 5.32 Å². The van der Waals surface area contributed by atoms with E-state index in [1.165, 1.54) is 0 Å². The summed E-state index contributed by atoms with van der Waals surface area (Å²) in [6, 6.07) is 8.05. The van der Waals surface area contributed by atoms with E-state index in [1.807, 2.05) is 25.1 Å². The third kappa shape index (κ3) is 2.92. The van der Waals surface area contributed by atoms with Gasteiger partial charge in [0.1, 0.15) is 0 Å². The molecule has 1 aliphatic rings. The third-order valence-corrected chi connectivity index (χ3v) is 4.80. The van der Waals surface area contributed by atoms with E-state index in [0.29, 0.717) is 24.7 Å². The molecular formula is C17H21N5O2. The fourth-order valence-electron chi connectivity index (χ4n) is 3.53. The molecule has 4 rings (SSSR count). The van der Waals surface area contributed by atoms with Crippen molar-refractivity contribution in [1.29, 1.82) is 0 Å². The molecule has 1 aromatic carbocycles. The zero-order chi connectivity index (χ0) is 16.5. The first-order chi connectivity index (χ1) is 11.7. The fourth-order valence-corrected chi connectivity index (χ4v) is 3.53. The number of rotatable bonds is 5. The van der Waals surface area contributed by atoms with Crippen molar-refractivity contribution in [2.24, 2.45) is 5.92 Å². The maximum atomic E-state index is 10.3. The lowest BCUT2D eigenvalue weighted by atomic mass is 10.0. The Hall–Kier alpha value is -2.25. The molecule has 3 aromatic rings. The first-order valence-electron chi connectivity index (χ1n) is 8.31. The van der Waals surface area contributed by atoms with Crippen LogP contribution in [0.3, 0.4) is 0 Å². The van der Waals surface area contributed by atoms with Crippen molar-refractivity contribution in [3.63, 3.8) is 0 Å². The van der Waals surface area contributed by atoms with Gasteiger partial charge in [-0.25, -0.2) is 0 Å². The predicted octanol–water partition coefficient (Wildman–Crippen LogP) is 1.90. The quantitative estimate of drug-likeness (QED) is 0.662. The van der Waals surface area contributed by atoms with Gasteiger partial charge in [-0.2, -0.15) is 10.1 Å². The molecule has 0 radical (unpaired) electrons. The minimum absolute atomic E-state index is 0.154. The molecule has 0 aliphatic heterocycles. The number of nitrogens with one attached hydrogen (secondary N) is 2. The van der Waals surface area contributed by atoms with Crippen LogP contribution in [0.5, 0.6) is 0 Å². The van der Waals surface area contributed by atoms with Gasteiger partial charge in [-0.1, -0.05) is 23.4 Å². The average Bonchev–Trinajstić information content (AvgIpc) is 3.28. The van der Waals surface area contributed by atoms with Gasteiger partial charge in [-0.05, 0) is 31.7 Å². The summed E-state index contributed by atoms with van der Waals surface area (Å²) >= 11 is 0. The number of hydrogen-bond acceptors (Lipinski definition) is 6. The topological polar surface area (TPSA) is 99.9 Å². The Morgan fingerprint density at radius 3 is 3.04 bits per heavy atom. The van der Waals surface area contributed by atoms with Gasteiger partial charge >= 0.3 is 0 Å². The molecule has 2 heterocycles. The van der Waals surface area contributed by atoms with Crippen LogP contribution in [0, 0.1) is 12.8 Å². The number of aliphatic hydroxyl groups excluding tert-OH is 1. The van der Waals surface area contributed by atoms with Crippen molar-refractivity contribution in [3.8, 4) is 0 Å². The molecule has 1 fully saturated rings. The molecule has 3 N–H and O–H groups in total. The Kier molecular flexibility index (Phi) is 4.03. The molecule has 0 amide bonds. The van der Waals surface area contributed by atoms with Crippen LogP contribution in [-0.2, 0) is 6.54 Å². The summed E-state index contributed by atoms with van der Waals surface area (Å²) in [5, 5.41) is 26.1. The number of aliphatic hydroxyl groups is 1. The van der Waals surface area contributed by atoms with E-state index < -0.39 is 0 Å². The summed E-state index contributed by atoms with van der Waals surface area (Å²) in [4.78, 5) is 4.29. The van der Waals surface area contributed by atoms with Gasteiger partial charge in [0.25, 0.3) is 0 Å². The second kappa shape index (κ2) is 6.33. The summed E-state index contributed by atoms with van der Waals surface area (Å²) in [5.41, 5.74) is 2.05. The van der Waals surface area contributed by atoms with Crippen molar-refractivity contribution < 1.29 is 9.63 Å². The van der Waals surface area contributed by atoms with Crippen LogP contribution in [0.4, 0.5) is 0 Å². The van der Waals surface area contributed by atoms with Crippen LogP contribution in [0.1, 0.15) is 36.2 Å². The molecule has 7 nitrogen and oxygen atoms in total. The minimum atomic E-state index is -0.340. The maximum Gasteiger partial charge on any atom is 0.229 e. The van der Waals surface area contributed by atoms with Gasteiger partial charge < -0.3 is 14.9 Å². The summed E-state index contributed by atoms with van der Waals surface area (Å²) < 4.78 is 5.25. The van der Waals surface area contributed by atoms with Crippen molar-refractivity contribution in [1.82, 2.24) is 25.7 Å². The van der Waals surface area contributed by atoms with Gasteiger partial charge in [0, 0.05) is 24.4 Å². The smallest absolute Gasteiger partial charge is 0.229 e. The number of para-hydroxylation sites is 1. The van der Waals surface area contributed by atoms with Crippen LogP contribution in [0.2, 0.25) is 0 Å². The van der Waals surface area contributed by atoms with Crippen LogP contribution in [-0.4, -0.2) is 38.1 Å². The SMILES string of the molecule is Cc1noc([C@H]2C[C@H](CNCc3[nH]nc4ccccc34)[C@H](O)C2)n1. The molecule has 0 unspecified atom stereocenters. The molecule has 0 spiro atoms. The molecule has 7 heteroatoms. The van der Waals surface area contributed by atoms with Gasteiger partial charge in [0.15, 0.2) is 5.82 Å². The van der Waals surface area contributed by atoms with Crippen LogP contribution in [0.15, 0.2) is 28.8 Å². The molecule has 0 bridgehead atoms. The van der Waals surface area contributed by atoms with Gasteiger partial charge in [-0.3, -0.25) is 5.10 Å². The molecule has 1 aliphatic carbocycles. The zero-order valence-electron chi connectivity index (χ0n) is 13.6. The highest BCUT2D eigenvalue weighted by atomic mass is 16.5. The number of aromatic nitrogens is 4. The highest BCUT2D eigenvalue weighted by Gasteiger charge is 2.36. The van der Waals surface area contributed by atoms with E-state index in [2.05, 4.69) is 31.7 Å². The Labute approximate surface area is 139 Å². The molecule has 24 heavy (non-hydrogen) atoms. The second-order valence-corrected chi connectivity index (χ2v) is 6.53. The van der Waals surface area contributed by atoms with Crippen molar-refractivity contribution in [2.75, 3.05) is 6.54 Å². The van der Waals surface area contributed by atoms with Crippen molar-refractivity contribution >= 4 is 10.9 Å². The van der Waals surface area contributed by atoms with Gasteiger partial charge in [0.2, 0.25) is 5.89 Å². The number of nitrogens with zero attached hydrogens (tertiary/aromatic N) is 3. The normalized spacial score (nSPS) is 24.0. The van der Waals surface area contributed by atoms with E-state index >= 15 is 0 Å². The number of benzene rings is 1. The Bertz CT molecular complexity index is 827. The maximum absolute atomic E-state index is 10.3. The first-order valence-corrected chi connectivity index (χ1v) is 8.31. The Balaban J connectivity index is 1.34. The standard InChI is InChI=1S/C17H21N5O2/c1-10-19-17(24-22-10)11-6-12(16(23)7-11)8-18-9-15-13-4-2-3-5-14(13)20-21-15/h2-5,11-12,16,18,23H,6-9H2,1H3,(H,20,21)/t11-,12+,16+/m0/s1. The van der Waals surface area contributed by atoms with E-state index in [-0.39, 0.29) is 17.9 Å². The number of H-pyrrole nitrogens is 1. The highest BCUT2D eigenvalue weighted by Crippen LogP contribution is 2.37. The predicted molar refractivity (Wildman–Crippen MR) is 88.3 cm³/mol. The summed E-state index contributed by atoms with van der Waals surface area (Å²) in [5.74, 6) is 1.64. The average molecular weight is 327 g/mol. The molecule has 3 atom stereocenters. The lowest BCUT2D eigenvalue weighted by molar-refractivity contribution is 0.130. The van der Waals surface area contributed by atoms with E-state index in [0.717, 1.165) is 29.6 Å². The Morgan fingerprint density at radius 1 is 1.33 bits per heavy atom. The van der Waals surface area contributed by atoms with Crippen molar-refractivity contribution in [3.05, 3.63) is 41.7 Å². The molecule has 1 saturated carbocycles. The minimum Gasteiger partial charge on any atom is -0.393 e. The largest absolute Gasteiger partial charge is 0.393 e. The second-order valence-electron chi connectivity index (χ2n) is 6.53. The molecule has 2 aromatic heterocycles. The van der Waals surface area contributed by atoms with Crippen LogP contribution >= 0.6 is 0 Å². The van der Waals surface area contributed by atoms with E-state index in [9.17, 15) is 5.11 Å². The number of fused-ring (bicyclic) bond motifs is 1. The lowest BCUT2D eigenvalue weighted by Gasteiger charge is -2.14. The van der Waals surface area contributed by atoms with Crippen LogP contribution in [0.25, 0.3) is 10.9 Å². The third-order valence-electron chi connectivity index (χ3n) is 4.80. The highest BCUT2D eigenvalue weighted by molar-refractivity contribution is 5.81. The monoisotopic (exact) mass is 327 g/mol. The van der Waals surface area contributed by atoms with E-state index in [1.54, 1.807) is 0 Å². The zero-order valence-corrected chi connectivity index (χ0v) is 13.6. The summed E-state index contributed by atoms with van der Waals surface area (Å²) in [6.07, 6.45) is 1.20. The van der Waals surface area contributed by atoms with Gasteiger partial charge in [-0.15, -0.1) is 0 Å². The molecule has 126 valence electrons. The number of hydrogen-bond donors (Lipinski definition) is 3. The Morgan fingerprint density at radius 2 is 2.21 bits per heavy atom. The fraction of sp³-hybridized carbons (Fsp3) is 0.471. The number of aromatic amines is 1. The summed E-state index contributed by atoms with van der Waals surface area (Å²) in [7, 11) is 0. The van der Waals surface area contributed by atoms with Crippen molar-refractivity contribution in [2.45, 2.75) is 38.3 Å². The molecule has 0 saturated heterocycles. The van der Waals surface area contributed by atoms with Gasteiger partial charge in [0.05, 0.1) is 17.3 Å². The first kappa shape index (κ1) is 15.3. The summed E-state index contributed by atoms with van der Waals surface area (Å²) in [6.45, 7) is 3.26. The number of aryl methyl sites for hydroxylation is 1.